The standard InChI is InChI=1S/C18H20ClN3O3S/c1-13-5-2-3-10-22(13)26(24,25)16-7-4-6-14(11-16)18(23)21-17-9-8-15(19)12-20-17/h4,6-9,11-13H,2-3,5,10H2,1H3,(H,20,21,23). The van der Waals surface area contributed by atoms with Crippen LogP contribution in [0.1, 0.15) is 36.5 Å². The molecular weight excluding hydrogens is 374 g/mol. The molecule has 0 radical (unpaired) electrons. The van der Waals surface area contributed by atoms with Crippen LogP contribution >= 0.6 is 11.6 Å². The molecule has 6 nitrogen and oxygen atoms in total. The van der Waals surface area contributed by atoms with Crippen molar-refractivity contribution < 1.29 is 13.2 Å². The first-order valence-corrected chi connectivity index (χ1v) is 10.2. The number of rotatable bonds is 4. The van der Waals surface area contributed by atoms with Crippen LogP contribution in [0.5, 0.6) is 0 Å². The minimum Gasteiger partial charge on any atom is -0.307 e. The summed E-state index contributed by atoms with van der Waals surface area (Å²) in [6.45, 7) is 2.42. The Hall–Kier alpha value is -1.96. The van der Waals surface area contributed by atoms with Crippen molar-refractivity contribution in [3.05, 3.63) is 53.2 Å². The Morgan fingerprint density at radius 3 is 2.77 bits per heavy atom. The third-order valence-corrected chi connectivity index (χ3v) is 6.65. The molecule has 3 rings (SSSR count). The van der Waals surface area contributed by atoms with Crippen LogP contribution < -0.4 is 5.32 Å². The molecule has 0 bridgehead atoms. The van der Waals surface area contributed by atoms with Gasteiger partial charge in [-0.1, -0.05) is 24.1 Å². The predicted octanol–water partition coefficient (Wildman–Crippen LogP) is 3.55. The van der Waals surface area contributed by atoms with E-state index >= 15 is 0 Å². The van der Waals surface area contributed by atoms with Gasteiger partial charge in [-0.15, -0.1) is 0 Å². The van der Waals surface area contributed by atoms with Crippen molar-refractivity contribution in [3.63, 3.8) is 0 Å². The summed E-state index contributed by atoms with van der Waals surface area (Å²) in [6.07, 6.45) is 4.16. The SMILES string of the molecule is CC1CCCCN1S(=O)(=O)c1cccc(C(=O)Nc2ccc(Cl)cn2)c1. The van der Waals surface area contributed by atoms with Crippen molar-refractivity contribution in [2.75, 3.05) is 11.9 Å². The van der Waals surface area contributed by atoms with Crippen LogP contribution in [0.4, 0.5) is 5.82 Å². The molecule has 2 heterocycles. The number of pyridine rings is 1. The number of carbonyl (C=O) groups is 1. The lowest BCUT2D eigenvalue weighted by atomic mass is 10.1. The molecule has 2 aromatic rings. The summed E-state index contributed by atoms with van der Waals surface area (Å²) in [5.74, 6) is -0.0825. The molecule has 1 saturated heterocycles. The van der Waals surface area contributed by atoms with E-state index in [1.165, 1.54) is 22.6 Å². The molecule has 1 atom stereocenters. The number of hydrogen-bond acceptors (Lipinski definition) is 4. The van der Waals surface area contributed by atoms with Crippen LogP contribution in [0, 0.1) is 0 Å². The van der Waals surface area contributed by atoms with Crippen LogP contribution in [0.3, 0.4) is 0 Å². The fourth-order valence-corrected chi connectivity index (χ4v) is 4.86. The number of aromatic nitrogens is 1. The van der Waals surface area contributed by atoms with Crippen molar-refractivity contribution in [2.24, 2.45) is 0 Å². The lowest BCUT2D eigenvalue weighted by molar-refractivity contribution is 0.102. The molecule has 8 heteroatoms. The Bertz CT molecular complexity index is 900. The van der Waals surface area contributed by atoms with E-state index in [9.17, 15) is 13.2 Å². The maximum absolute atomic E-state index is 12.9. The summed E-state index contributed by atoms with van der Waals surface area (Å²) in [7, 11) is -3.63. The summed E-state index contributed by atoms with van der Waals surface area (Å²) < 4.78 is 27.4. The highest BCUT2D eigenvalue weighted by molar-refractivity contribution is 7.89. The van der Waals surface area contributed by atoms with E-state index in [1.807, 2.05) is 6.92 Å². The fraction of sp³-hybridized carbons (Fsp3) is 0.333. The summed E-state index contributed by atoms with van der Waals surface area (Å²) in [5, 5.41) is 3.10. The van der Waals surface area contributed by atoms with Gasteiger partial charge in [-0.25, -0.2) is 13.4 Å². The van der Waals surface area contributed by atoms with Gasteiger partial charge < -0.3 is 5.32 Å². The lowest BCUT2D eigenvalue weighted by Crippen LogP contribution is -2.41. The van der Waals surface area contributed by atoms with Gasteiger partial charge in [0.2, 0.25) is 10.0 Å². The largest absolute Gasteiger partial charge is 0.307 e. The third-order valence-electron chi connectivity index (χ3n) is 4.41. The van der Waals surface area contributed by atoms with Crippen LogP contribution in [0.25, 0.3) is 0 Å². The maximum Gasteiger partial charge on any atom is 0.256 e. The summed E-state index contributed by atoms with van der Waals surface area (Å²) in [5.41, 5.74) is 0.257. The zero-order valence-electron chi connectivity index (χ0n) is 14.4. The second kappa shape index (κ2) is 7.73. The highest BCUT2D eigenvalue weighted by Gasteiger charge is 2.31. The van der Waals surface area contributed by atoms with Gasteiger partial charge in [0.25, 0.3) is 5.91 Å². The molecule has 1 N–H and O–H groups in total. The van der Waals surface area contributed by atoms with Crippen molar-refractivity contribution in [3.8, 4) is 0 Å². The quantitative estimate of drug-likeness (QED) is 0.861. The Balaban J connectivity index is 1.83. The van der Waals surface area contributed by atoms with Crippen molar-refractivity contribution in [1.82, 2.24) is 9.29 Å². The molecule has 1 fully saturated rings. The summed E-state index contributed by atoms with van der Waals surface area (Å²) in [6, 6.07) is 9.23. The lowest BCUT2D eigenvalue weighted by Gasteiger charge is -2.32. The van der Waals surface area contributed by atoms with Gasteiger partial charge in [-0.2, -0.15) is 4.31 Å². The minimum absolute atomic E-state index is 0.0375. The first-order chi connectivity index (χ1) is 12.4. The second-order valence-electron chi connectivity index (χ2n) is 6.30. The van der Waals surface area contributed by atoms with Gasteiger partial charge in [0.05, 0.1) is 9.92 Å². The smallest absolute Gasteiger partial charge is 0.256 e. The number of amides is 1. The molecule has 0 spiro atoms. The predicted molar refractivity (Wildman–Crippen MR) is 101 cm³/mol. The number of nitrogens with one attached hydrogen (secondary N) is 1. The minimum atomic E-state index is -3.63. The average molecular weight is 394 g/mol. The Morgan fingerprint density at radius 1 is 1.27 bits per heavy atom. The van der Waals surface area contributed by atoms with Gasteiger partial charge in [-0.3, -0.25) is 4.79 Å². The number of hydrogen-bond donors (Lipinski definition) is 1. The molecule has 26 heavy (non-hydrogen) atoms. The van der Waals surface area contributed by atoms with Crippen LogP contribution in [-0.4, -0.2) is 36.2 Å². The van der Waals surface area contributed by atoms with E-state index in [0.717, 1.165) is 19.3 Å². The number of nitrogens with zero attached hydrogens (tertiary/aromatic N) is 2. The van der Waals surface area contributed by atoms with E-state index in [1.54, 1.807) is 24.3 Å². The molecule has 1 aromatic carbocycles. The van der Waals surface area contributed by atoms with Crippen LogP contribution in [-0.2, 0) is 10.0 Å². The van der Waals surface area contributed by atoms with Gasteiger partial charge in [0, 0.05) is 24.3 Å². The molecule has 1 aliphatic rings. The van der Waals surface area contributed by atoms with Crippen molar-refractivity contribution in [2.45, 2.75) is 37.1 Å². The van der Waals surface area contributed by atoms with Gasteiger partial charge in [-0.05, 0) is 50.1 Å². The highest BCUT2D eigenvalue weighted by atomic mass is 35.5. The Morgan fingerprint density at radius 2 is 2.08 bits per heavy atom. The van der Waals surface area contributed by atoms with E-state index in [0.29, 0.717) is 17.4 Å². The molecule has 138 valence electrons. The molecule has 1 unspecified atom stereocenters. The zero-order valence-corrected chi connectivity index (χ0v) is 15.9. The maximum atomic E-state index is 12.9. The second-order valence-corrected chi connectivity index (χ2v) is 8.63. The van der Waals surface area contributed by atoms with E-state index in [4.69, 9.17) is 11.6 Å². The van der Waals surface area contributed by atoms with Crippen molar-refractivity contribution >= 4 is 33.3 Å². The molecule has 1 amide bonds. The zero-order chi connectivity index (χ0) is 18.7. The molecule has 0 saturated carbocycles. The summed E-state index contributed by atoms with van der Waals surface area (Å²) >= 11 is 5.78. The first kappa shape index (κ1) is 18.8. The molecular formula is C18H20ClN3O3S. The first-order valence-electron chi connectivity index (χ1n) is 8.43. The van der Waals surface area contributed by atoms with E-state index in [2.05, 4.69) is 10.3 Å². The monoisotopic (exact) mass is 393 g/mol. The summed E-state index contributed by atoms with van der Waals surface area (Å²) in [4.78, 5) is 16.6. The number of carbonyl (C=O) groups excluding carboxylic acids is 1. The third kappa shape index (κ3) is 4.06. The van der Waals surface area contributed by atoms with E-state index in [-0.39, 0.29) is 16.5 Å². The number of benzene rings is 1. The number of piperidine rings is 1. The molecule has 1 aromatic heterocycles. The van der Waals surface area contributed by atoms with Gasteiger partial charge >= 0.3 is 0 Å². The Labute approximate surface area is 158 Å². The number of anilines is 1. The fourth-order valence-electron chi connectivity index (χ4n) is 3.00. The molecule has 1 aliphatic heterocycles. The number of sulfonamides is 1. The normalized spacial score (nSPS) is 18.5. The number of halogens is 1. The van der Waals surface area contributed by atoms with Crippen LogP contribution in [0.15, 0.2) is 47.5 Å². The van der Waals surface area contributed by atoms with Crippen LogP contribution in [0.2, 0.25) is 5.02 Å². The Kier molecular flexibility index (Phi) is 5.60. The van der Waals surface area contributed by atoms with Gasteiger partial charge in [0.1, 0.15) is 5.82 Å². The van der Waals surface area contributed by atoms with E-state index < -0.39 is 15.9 Å². The highest BCUT2D eigenvalue weighted by Crippen LogP contribution is 2.25. The van der Waals surface area contributed by atoms with Crippen molar-refractivity contribution in [1.29, 1.82) is 0 Å². The van der Waals surface area contributed by atoms with Gasteiger partial charge in [0.15, 0.2) is 0 Å². The molecule has 0 aliphatic carbocycles. The topological polar surface area (TPSA) is 79.4 Å². The average Bonchev–Trinajstić information content (AvgIpc) is 2.64.